The highest BCUT2D eigenvalue weighted by molar-refractivity contribution is 7.15. The molecule has 0 saturated carbocycles. The molecule has 4 N–H and O–H groups in total. The molecule has 2 aromatic rings. The van der Waals surface area contributed by atoms with E-state index >= 15 is 0 Å². The number of aromatic nitrogens is 3. The molecule has 0 saturated heterocycles. The van der Waals surface area contributed by atoms with Crippen LogP contribution in [0.1, 0.15) is 4.88 Å². The quantitative estimate of drug-likeness (QED) is 0.730. The second kappa shape index (κ2) is 3.22. The van der Waals surface area contributed by atoms with Gasteiger partial charge in [0.1, 0.15) is 10.8 Å². The molecule has 0 aliphatic rings. The normalized spacial score (nSPS) is 10.4. The Morgan fingerprint density at radius 1 is 1.21 bits per heavy atom. The van der Waals surface area contributed by atoms with E-state index in [2.05, 4.69) is 15.0 Å². The Morgan fingerprint density at radius 3 is 2.57 bits per heavy atom. The maximum Gasteiger partial charge on any atom is 0.221 e. The van der Waals surface area contributed by atoms with Crippen LogP contribution in [0.15, 0.2) is 12.4 Å². The predicted octanol–water partition coefficient (Wildman–Crippen LogP) is 1.07. The molecular weight excluding hydrogens is 198 g/mol. The van der Waals surface area contributed by atoms with Gasteiger partial charge in [-0.05, 0) is 6.92 Å². The third-order valence-electron chi connectivity index (χ3n) is 1.69. The van der Waals surface area contributed by atoms with Gasteiger partial charge in [-0.3, -0.25) is 0 Å². The molecule has 6 heteroatoms. The zero-order chi connectivity index (χ0) is 10.1. The summed E-state index contributed by atoms with van der Waals surface area (Å²) in [5, 5.41) is 0.819. The Labute approximate surface area is 84.8 Å². The van der Waals surface area contributed by atoms with Gasteiger partial charge in [0.15, 0.2) is 0 Å². The number of rotatable bonds is 1. The van der Waals surface area contributed by atoms with Crippen molar-refractivity contribution in [2.75, 3.05) is 11.5 Å². The van der Waals surface area contributed by atoms with Gasteiger partial charge >= 0.3 is 0 Å². The van der Waals surface area contributed by atoms with Crippen LogP contribution >= 0.6 is 11.3 Å². The largest absolute Gasteiger partial charge is 0.383 e. The lowest BCUT2D eigenvalue weighted by atomic mass is 10.3. The van der Waals surface area contributed by atoms with Crippen molar-refractivity contribution >= 4 is 23.1 Å². The van der Waals surface area contributed by atoms with Crippen LogP contribution in [0.3, 0.4) is 0 Å². The number of hydrogen-bond donors (Lipinski definition) is 2. The van der Waals surface area contributed by atoms with Crippen LogP contribution in [-0.2, 0) is 0 Å². The van der Waals surface area contributed by atoms with Gasteiger partial charge in [0.05, 0.1) is 5.56 Å². The molecule has 72 valence electrons. The van der Waals surface area contributed by atoms with E-state index in [1.807, 2.05) is 6.92 Å². The molecule has 0 fully saturated rings. The molecule has 0 unspecified atom stereocenters. The molecule has 0 atom stereocenters. The van der Waals surface area contributed by atoms with Crippen molar-refractivity contribution < 1.29 is 0 Å². The summed E-state index contributed by atoms with van der Waals surface area (Å²) in [6.07, 6.45) is 3.38. The molecule has 2 rings (SSSR count). The minimum absolute atomic E-state index is 0.180. The summed E-state index contributed by atoms with van der Waals surface area (Å²) in [4.78, 5) is 13.1. The first kappa shape index (κ1) is 8.89. The molecule has 2 aromatic heterocycles. The fraction of sp³-hybridized carbons (Fsp3) is 0.125. The summed E-state index contributed by atoms with van der Waals surface area (Å²) in [6.45, 7) is 1.98. The summed E-state index contributed by atoms with van der Waals surface area (Å²) >= 11 is 1.55. The lowest BCUT2D eigenvalue weighted by molar-refractivity contribution is 1.19. The lowest BCUT2D eigenvalue weighted by Gasteiger charge is -2.00. The van der Waals surface area contributed by atoms with E-state index in [0.29, 0.717) is 5.82 Å². The summed E-state index contributed by atoms with van der Waals surface area (Å²) < 4.78 is 0. The Kier molecular flexibility index (Phi) is 2.05. The van der Waals surface area contributed by atoms with Gasteiger partial charge in [-0.1, -0.05) is 0 Å². The standard InChI is InChI=1S/C8H9N5S/c1-4-2-11-7(14-4)5-3-12-8(10)13-6(5)9/h2-3H,1H3,(H4,9,10,12,13). The zero-order valence-electron chi connectivity index (χ0n) is 7.56. The van der Waals surface area contributed by atoms with Gasteiger partial charge in [-0.25, -0.2) is 9.97 Å². The highest BCUT2D eigenvalue weighted by atomic mass is 32.1. The summed E-state index contributed by atoms with van der Waals surface area (Å²) in [6, 6.07) is 0. The molecule has 0 spiro atoms. The van der Waals surface area contributed by atoms with Crippen LogP contribution < -0.4 is 11.5 Å². The molecule has 0 amide bonds. The molecule has 0 bridgehead atoms. The van der Waals surface area contributed by atoms with Crippen LogP contribution in [0.2, 0.25) is 0 Å². The first-order chi connectivity index (χ1) is 6.66. The number of nitrogens with two attached hydrogens (primary N) is 2. The molecule has 0 radical (unpaired) electrons. The van der Waals surface area contributed by atoms with E-state index in [4.69, 9.17) is 11.5 Å². The van der Waals surface area contributed by atoms with Crippen molar-refractivity contribution in [3.63, 3.8) is 0 Å². The zero-order valence-corrected chi connectivity index (χ0v) is 8.38. The second-order valence-electron chi connectivity index (χ2n) is 2.80. The highest BCUT2D eigenvalue weighted by Crippen LogP contribution is 2.27. The predicted molar refractivity (Wildman–Crippen MR) is 56.7 cm³/mol. The third-order valence-corrected chi connectivity index (χ3v) is 2.63. The van der Waals surface area contributed by atoms with E-state index in [1.165, 1.54) is 0 Å². The van der Waals surface area contributed by atoms with Crippen LogP contribution in [0.25, 0.3) is 10.6 Å². The van der Waals surface area contributed by atoms with Gasteiger partial charge in [0, 0.05) is 17.3 Å². The average Bonchev–Trinajstić information content (AvgIpc) is 2.51. The topological polar surface area (TPSA) is 90.7 Å². The molecule has 14 heavy (non-hydrogen) atoms. The third kappa shape index (κ3) is 1.51. The minimum Gasteiger partial charge on any atom is -0.383 e. The summed E-state index contributed by atoms with van der Waals surface area (Å²) in [5.74, 6) is 0.548. The Balaban J connectivity index is 2.52. The van der Waals surface area contributed by atoms with Gasteiger partial charge in [-0.15, -0.1) is 11.3 Å². The molecule has 0 aliphatic carbocycles. The van der Waals surface area contributed by atoms with Gasteiger partial charge < -0.3 is 11.5 Å². The highest BCUT2D eigenvalue weighted by Gasteiger charge is 2.08. The van der Waals surface area contributed by atoms with Crippen LogP contribution in [-0.4, -0.2) is 15.0 Å². The maximum atomic E-state index is 5.70. The number of nitrogens with zero attached hydrogens (tertiary/aromatic N) is 3. The number of anilines is 2. The monoisotopic (exact) mass is 207 g/mol. The first-order valence-electron chi connectivity index (χ1n) is 3.97. The summed E-state index contributed by atoms with van der Waals surface area (Å²) in [5.41, 5.74) is 11.8. The fourth-order valence-corrected chi connectivity index (χ4v) is 1.84. The van der Waals surface area contributed by atoms with Gasteiger partial charge in [0.25, 0.3) is 0 Å². The maximum absolute atomic E-state index is 5.70. The first-order valence-corrected chi connectivity index (χ1v) is 4.79. The number of hydrogen-bond acceptors (Lipinski definition) is 6. The number of nitrogen functional groups attached to an aromatic ring is 2. The molecular formula is C8H9N5S. The molecule has 0 aromatic carbocycles. The second-order valence-corrected chi connectivity index (χ2v) is 4.04. The van der Waals surface area contributed by atoms with Crippen molar-refractivity contribution in [2.24, 2.45) is 0 Å². The van der Waals surface area contributed by atoms with E-state index < -0.39 is 0 Å². The van der Waals surface area contributed by atoms with Crippen LogP contribution in [0.5, 0.6) is 0 Å². The van der Waals surface area contributed by atoms with Gasteiger partial charge in [-0.2, -0.15) is 4.98 Å². The van der Waals surface area contributed by atoms with Crippen molar-refractivity contribution in [2.45, 2.75) is 6.92 Å². The summed E-state index contributed by atoms with van der Waals surface area (Å²) in [7, 11) is 0. The van der Waals surface area contributed by atoms with Crippen molar-refractivity contribution in [1.29, 1.82) is 0 Å². The molecule has 0 aliphatic heterocycles. The average molecular weight is 207 g/mol. The Hall–Kier alpha value is -1.69. The Morgan fingerprint density at radius 2 is 2.00 bits per heavy atom. The van der Waals surface area contributed by atoms with Crippen molar-refractivity contribution in [1.82, 2.24) is 15.0 Å². The minimum atomic E-state index is 0.180. The molecule has 5 nitrogen and oxygen atoms in total. The van der Waals surface area contributed by atoms with E-state index in [9.17, 15) is 0 Å². The van der Waals surface area contributed by atoms with E-state index in [-0.39, 0.29) is 5.95 Å². The van der Waals surface area contributed by atoms with E-state index in [1.54, 1.807) is 23.7 Å². The smallest absolute Gasteiger partial charge is 0.221 e. The van der Waals surface area contributed by atoms with Crippen molar-refractivity contribution in [3.8, 4) is 10.6 Å². The fourth-order valence-electron chi connectivity index (χ4n) is 1.05. The SMILES string of the molecule is Cc1cnc(-c2cnc(N)nc2N)s1. The van der Waals surface area contributed by atoms with Crippen LogP contribution in [0.4, 0.5) is 11.8 Å². The number of aryl methyl sites for hydroxylation is 1. The van der Waals surface area contributed by atoms with Crippen LogP contribution in [0, 0.1) is 6.92 Å². The number of thiazole rings is 1. The lowest BCUT2D eigenvalue weighted by Crippen LogP contribution is -2.00. The van der Waals surface area contributed by atoms with Gasteiger partial charge in [0.2, 0.25) is 5.95 Å². The van der Waals surface area contributed by atoms with E-state index in [0.717, 1.165) is 15.4 Å². The Bertz CT molecular complexity index is 465. The van der Waals surface area contributed by atoms with Crippen molar-refractivity contribution in [3.05, 3.63) is 17.3 Å². The molecule has 2 heterocycles.